The Morgan fingerprint density at radius 3 is 2.58 bits per heavy atom. The van der Waals surface area contributed by atoms with E-state index in [9.17, 15) is 9.90 Å². The molecule has 0 aliphatic carbocycles. The number of aliphatic hydroxyl groups is 1. The van der Waals surface area contributed by atoms with Crippen LogP contribution >= 0.6 is 11.3 Å². The molecule has 1 N–H and O–H groups in total. The molecule has 0 spiro atoms. The van der Waals surface area contributed by atoms with Crippen molar-refractivity contribution in [3.8, 4) is 16.3 Å². The van der Waals surface area contributed by atoms with Gasteiger partial charge in [-0.1, -0.05) is 6.92 Å². The topological polar surface area (TPSA) is 62.7 Å². The third-order valence-electron chi connectivity index (χ3n) is 3.27. The van der Waals surface area contributed by atoms with Crippen LogP contribution in [-0.2, 0) is 0 Å². The molecule has 2 rings (SSSR count). The largest absolute Gasteiger partial charge is 0.494 e. The molecule has 1 aromatic heterocycles. The highest BCUT2D eigenvalue weighted by molar-refractivity contribution is 7.13. The van der Waals surface area contributed by atoms with E-state index in [0.29, 0.717) is 12.3 Å². The average molecular weight is 348 g/mol. The molecule has 0 fully saturated rings. The highest BCUT2D eigenvalue weighted by atomic mass is 32.1. The predicted molar refractivity (Wildman–Crippen MR) is 96.6 cm³/mol. The van der Waals surface area contributed by atoms with E-state index >= 15 is 0 Å². The van der Waals surface area contributed by atoms with E-state index in [-0.39, 0.29) is 12.5 Å². The Hall–Kier alpha value is -1.92. The van der Waals surface area contributed by atoms with Gasteiger partial charge in [-0.05, 0) is 44.5 Å². The molecule has 130 valence electrons. The quantitative estimate of drug-likeness (QED) is 0.832. The number of amides is 1. The van der Waals surface area contributed by atoms with E-state index in [4.69, 9.17) is 4.74 Å². The second-order valence-electron chi connectivity index (χ2n) is 6.38. The van der Waals surface area contributed by atoms with E-state index in [1.165, 1.54) is 16.2 Å². The van der Waals surface area contributed by atoms with Gasteiger partial charge in [0.05, 0.1) is 12.2 Å². The molecule has 0 unspecified atom stereocenters. The van der Waals surface area contributed by atoms with Crippen molar-refractivity contribution >= 4 is 17.2 Å². The maximum atomic E-state index is 12.4. The van der Waals surface area contributed by atoms with Crippen LogP contribution < -0.4 is 4.74 Å². The summed E-state index contributed by atoms with van der Waals surface area (Å²) >= 11 is 1.43. The monoisotopic (exact) mass is 348 g/mol. The number of thiazole rings is 1. The van der Waals surface area contributed by atoms with Gasteiger partial charge in [-0.25, -0.2) is 4.98 Å². The number of hydrogen-bond donors (Lipinski definition) is 1. The number of nitrogens with zero attached hydrogens (tertiary/aromatic N) is 2. The molecule has 2 aromatic rings. The van der Waals surface area contributed by atoms with Crippen molar-refractivity contribution in [2.75, 3.05) is 20.2 Å². The first-order valence-electron chi connectivity index (χ1n) is 7.97. The zero-order valence-electron chi connectivity index (χ0n) is 14.6. The zero-order chi connectivity index (χ0) is 17.7. The fourth-order valence-corrected chi connectivity index (χ4v) is 3.07. The number of hydrogen-bond acceptors (Lipinski definition) is 5. The Morgan fingerprint density at radius 1 is 1.33 bits per heavy atom. The summed E-state index contributed by atoms with van der Waals surface area (Å²) in [6.07, 6.45) is 0.970. The van der Waals surface area contributed by atoms with Crippen LogP contribution in [0.5, 0.6) is 5.75 Å². The second-order valence-corrected chi connectivity index (χ2v) is 7.24. The van der Waals surface area contributed by atoms with E-state index in [1.807, 2.05) is 24.3 Å². The fourth-order valence-electron chi connectivity index (χ4n) is 2.27. The molecule has 0 radical (unpaired) electrons. The third-order valence-corrected chi connectivity index (χ3v) is 4.16. The van der Waals surface area contributed by atoms with Crippen molar-refractivity contribution in [3.05, 3.63) is 35.3 Å². The molecular formula is C18H24N2O3S. The minimum absolute atomic E-state index is 0.192. The van der Waals surface area contributed by atoms with Crippen LogP contribution in [0.2, 0.25) is 0 Å². The first-order chi connectivity index (χ1) is 11.3. The Bertz CT molecular complexity index is 674. The Morgan fingerprint density at radius 2 is 2.00 bits per heavy atom. The van der Waals surface area contributed by atoms with Crippen molar-refractivity contribution in [2.45, 2.75) is 32.8 Å². The minimum Gasteiger partial charge on any atom is -0.494 e. The number of ether oxygens (including phenoxy) is 1. The highest BCUT2D eigenvalue weighted by Crippen LogP contribution is 2.26. The summed E-state index contributed by atoms with van der Waals surface area (Å²) in [4.78, 5) is 18.3. The first kappa shape index (κ1) is 18.4. The molecule has 0 aliphatic rings. The van der Waals surface area contributed by atoms with E-state index in [2.05, 4.69) is 11.9 Å². The van der Waals surface area contributed by atoms with Crippen LogP contribution in [-0.4, -0.2) is 46.7 Å². The Kier molecular flexibility index (Phi) is 5.96. The van der Waals surface area contributed by atoms with Gasteiger partial charge in [-0.3, -0.25) is 4.79 Å². The van der Waals surface area contributed by atoms with Crippen molar-refractivity contribution in [3.63, 3.8) is 0 Å². The summed E-state index contributed by atoms with van der Waals surface area (Å²) < 4.78 is 5.57. The molecule has 5 nitrogen and oxygen atoms in total. The molecular weight excluding hydrogens is 324 g/mol. The molecule has 1 heterocycles. The van der Waals surface area contributed by atoms with Gasteiger partial charge in [0, 0.05) is 24.5 Å². The van der Waals surface area contributed by atoms with E-state index in [0.717, 1.165) is 22.7 Å². The lowest BCUT2D eigenvalue weighted by molar-refractivity contribution is 0.0365. The lowest BCUT2D eigenvalue weighted by atomic mass is 10.1. The van der Waals surface area contributed by atoms with Gasteiger partial charge in [0.1, 0.15) is 16.5 Å². The van der Waals surface area contributed by atoms with Gasteiger partial charge in [-0.2, -0.15) is 0 Å². The summed E-state index contributed by atoms with van der Waals surface area (Å²) in [5.41, 5.74) is 0.415. The predicted octanol–water partition coefficient (Wildman–Crippen LogP) is 3.44. The van der Waals surface area contributed by atoms with Crippen LogP contribution in [0.4, 0.5) is 0 Å². The van der Waals surface area contributed by atoms with Gasteiger partial charge in [0.2, 0.25) is 0 Å². The molecule has 0 bridgehead atoms. The van der Waals surface area contributed by atoms with Crippen LogP contribution in [0.15, 0.2) is 29.6 Å². The molecule has 0 aliphatic heterocycles. The zero-order valence-corrected chi connectivity index (χ0v) is 15.4. The van der Waals surface area contributed by atoms with Crippen LogP contribution in [0.25, 0.3) is 10.6 Å². The number of carbonyl (C=O) groups excluding carboxylic acids is 1. The maximum absolute atomic E-state index is 12.4. The molecule has 1 amide bonds. The summed E-state index contributed by atoms with van der Waals surface area (Å²) in [5.74, 6) is 0.640. The minimum atomic E-state index is -0.933. The fraction of sp³-hybridized carbons (Fsp3) is 0.444. The molecule has 0 saturated heterocycles. The van der Waals surface area contributed by atoms with Gasteiger partial charge >= 0.3 is 0 Å². The van der Waals surface area contributed by atoms with Crippen molar-refractivity contribution in [2.24, 2.45) is 0 Å². The van der Waals surface area contributed by atoms with Crippen molar-refractivity contribution in [1.82, 2.24) is 9.88 Å². The molecule has 0 saturated carbocycles. The highest BCUT2D eigenvalue weighted by Gasteiger charge is 2.22. The van der Waals surface area contributed by atoms with Crippen molar-refractivity contribution in [1.29, 1.82) is 0 Å². The van der Waals surface area contributed by atoms with Crippen LogP contribution in [0.3, 0.4) is 0 Å². The summed E-state index contributed by atoms with van der Waals surface area (Å²) in [5, 5.41) is 12.4. The second kappa shape index (κ2) is 7.77. The van der Waals surface area contributed by atoms with Gasteiger partial charge < -0.3 is 14.7 Å². The standard InChI is InChI=1S/C18H24N2O3S/c1-5-10-23-14-8-6-13(7-9-14)16-19-15(11-24-16)17(21)20(4)12-18(2,3)22/h6-9,11,22H,5,10,12H2,1-4H3. The van der Waals surface area contributed by atoms with Gasteiger partial charge in [0.15, 0.2) is 0 Å². The average Bonchev–Trinajstić information content (AvgIpc) is 3.01. The number of benzene rings is 1. The van der Waals surface area contributed by atoms with E-state index < -0.39 is 5.60 Å². The van der Waals surface area contributed by atoms with Gasteiger partial charge in [-0.15, -0.1) is 11.3 Å². The lowest BCUT2D eigenvalue weighted by Gasteiger charge is -2.24. The molecule has 0 atom stereocenters. The lowest BCUT2D eigenvalue weighted by Crippen LogP contribution is -2.39. The molecule has 1 aromatic carbocycles. The maximum Gasteiger partial charge on any atom is 0.273 e. The number of aromatic nitrogens is 1. The summed E-state index contributed by atoms with van der Waals surface area (Å²) in [7, 11) is 1.67. The normalized spacial score (nSPS) is 11.4. The number of likely N-dealkylation sites (N-methyl/N-ethyl adjacent to an activating group) is 1. The number of carbonyl (C=O) groups is 1. The van der Waals surface area contributed by atoms with Crippen LogP contribution in [0, 0.1) is 0 Å². The van der Waals surface area contributed by atoms with Gasteiger partial charge in [0.25, 0.3) is 5.91 Å². The van der Waals surface area contributed by atoms with E-state index in [1.54, 1.807) is 26.3 Å². The Labute approximate surface area is 146 Å². The first-order valence-corrected chi connectivity index (χ1v) is 8.84. The van der Waals surface area contributed by atoms with Crippen molar-refractivity contribution < 1.29 is 14.6 Å². The molecule has 6 heteroatoms. The SMILES string of the molecule is CCCOc1ccc(-c2nc(C(=O)N(C)CC(C)(C)O)cs2)cc1. The smallest absolute Gasteiger partial charge is 0.273 e. The summed E-state index contributed by atoms with van der Waals surface area (Å²) in [6, 6.07) is 7.71. The third kappa shape index (κ3) is 5.04. The number of rotatable bonds is 7. The van der Waals surface area contributed by atoms with Crippen LogP contribution in [0.1, 0.15) is 37.7 Å². The Balaban J connectivity index is 2.08. The molecule has 24 heavy (non-hydrogen) atoms. The summed E-state index contributed by atoms with van der Waals surface area (Å²) in [6.45, 7) is 6.36.